The highest BCUT2D eigenvalue weighted by atomic mass is 32.2. The van der Waals surface area contributed by atoms with Crippen LogP contribution in [-0.2, 0) is 41.0 Å². The molecule has 1 aliphatic carbocycles. The first-order valence-electron chi connectivity index (χ1n) is 21.3. The molecule has 1 saturated heterocycles. The van der Waals surface area contributed by atoms with Crippen molar-refractivity contribution in [2.24, 2.45) is 5.92 Å². The summed E-state index contributed by atoms with van der Waals surface area (Å²) >= 11 is 0. The summed E-state index contributed by atoms with van der Waals surface area (Å²) in [6.07, 6.45) is 0.0705. The molecule has 4 aliphatic rings. The van der Waals surface area contributed by atoms with E-state index >= 15 is 4.39 Å². The first kappa shape index (κ1) is 46.8. The Morgan fingerprint density at radius 2 is 1.82 bits per heavy atom. The number of rotatable bonds is 9. The molecule has 342 valence electrons. The third-order valence-corrected chi connectivity index (χ3v) is 13.4. The monoisotopic (exact) mass is 895 g/mol. The normalized spacial score (nSPS) is 28.6. The number of nitrogens with zero attached hydrogens (tertiary/aromatic N) is 2. The summed E-state index contributed by atoms with van der Waals surface area (Å²) < 4.78 is 108. The number of methoxy groups -OCH3 is 1. The number of unbranched alkanes of at least 4 members (excludes halogenated alkanes) is 2. The summed E-state index contributed by atoms with van der Waals surface area (Å²) in [5.41, 5.74) is -9.24. The lowest BCUT2D eigenvalue weighted by Gasteiger charge is -2.44. The minimum atomic E-state index is -5.13. The first-order valence-corrected chi connectivity index (χ1v) is 23.0. The SMILES string of the molecule is CCCCCS(=O)(=O)NC(=O)[C@@]12C[C@H]1/C=C\CCCCC[C@H](NC(=O)OC(C)(C)C)C(=O)N1C[C@]3(C[C@H]1C(=O)N2)CC(F)(CC)c1c(c(C(F)(F)F)nc2ccc(OC)cc12)O3. The van der Waals surface area contributed by atoms with Crippen LogP contribution in [0, 0.1) is 5.92 Å². The van der Waals surface area contributed by atoms with E-state index in [1.54, 1.807) is 26.8 Å². The highest BCUT2D eigenvalue weighted by Gasteiger charge is 2.64. The Morgan fingerprint density at radius 3 is 2.48 bits per heavy atom. The molecule has 3 aliphatic heterocycles. The highest BCUT2D eigenvalue weighted by molar-refractivity contribution is 7.90. The lowest BCUT2D eigenvalue weighted by molar-refractivity contribution is -0.146. The summed E-state index contributed by atoms with van der Waals surface area (Å²) in [6.45, 7) is 7.67. The molecule has 62 heavy (non-hydrogen) atoms. The van der Waals surface area contributed by atoms with Gasteiger partial charge in [0.05, 0.1) is 24.9 Å². The van der Waals surface area contributed by atoms with Crippen molar-refractivity contribution in [2.75, 3.05) is 19.4 Å². The molecule has 4 amide bonds. The van der Waals surface area contributed by atoms with E-state index in [4.69, 9.17) is 14.2 Å². The maximum absolute atomic E-state index is 17.9. The van der Waals surface area contributed by atoms with Gasteiger partial charge in [0.25, 0.3) is 5.91 Å². The Bertz CT molecular complexity index is 2220. The Kier molecular flexibility index (Phi) is 13.2. The zero-order valence-corrected chi connectivity index (χ0v) is 36.8. The second-order valence-corrected chi connectivity index (χ2v) is 19.8. The van der Waals surface area contributed by atoms with Gasteiger partial charge in [-0.3, -0.25) is 19.1 Å². The molecule has 4 heterocycles. The fourth-order valence-electron chi connectivity index (χ4n) is 8.92. The van der Waals surface area contributed by atoms with Gasteiger partial charge in [-0.2, -0.15) is 13.2 Å². The van der Waals surface area contributed by atoms with Crippen molar-refractivity contribution >= 4 is 44.7 Å². The van der Waals surface area contributed by atoms with Crippen LogP contribution in [0.1, 0.15) is 123 Å². The van der Waals surface area contributed by atoms with Crippen LogP contribution in [-0.4, -0.2) is 90.3 Å². The van der Waals surface area contributed by atoms with E-state index in [1.807, 2.05) is 13.0 Å². The summed E-state index contributed by atoms with van der Waals surface area (Å²) in [5.74, 6) is -4.33. The molecule has 2 aromatic rings. The maximum Gasteiger partial charge on any atom is 0.437 e. The van der Waals surface area contributed by atoms with Crippen molar-refractivity contribution in [3.8, 4) is 11.5 Å². The van der Waals surface area contributed by atoms with E-state index in [-0.39, 0.29) is 41.7 Å². The minimum Gasteiger partial charge on any atom is -0.497 e. The number of halogens is 4. The molecule has 6 atom stereocenters. The third-order valence-electron chi connectivity index (χ3n) is 12.1. The molecule has 1 spiro atoms. The van der Waals surface area contributed by atoms with Gasteiger partial charge < -0.3 is 29.7 Å². The van der Waals surface area contributed by atoms with Crippen molar-refractivity contribution < 1.29 is 59.4 Å². The Morgan fingerprint density at radius 1 is 1.08 bits per heavy atom. The molecule has 2 fully saturated rings. The smallest absolute Gasteiger partial charge is 0.437 e. The minimum absolute atomic E-state index is 0.0185. The van der Waals surface area contributed by atoms with E-state index in [1.165, 1.54) is 32.2 Å². The quantitative estimate of drug-likeness (QED) is 0.136. The predicted octanol–water partition coefficient (Wildman–Crippen LogP) is 6.88. The van der Waals surface area contributed by atoms with Crippen LogP contribution in [0.15, 0.2) is 30.4 Å². The second kappa shape index (κ2) is 17.5. The second-order valence-electron chi connectivity index (χ2n) is 18.0. The number of alkyl carbamates (subject to hydrolysis) is 1. The predicted molar refractivity (Wildman–Crippen MR) is 220 cm³/mol. The number of hydrogen-bond acceptors (Lipinski definition) is 10. The average molecular weight is 896 g/mol. The number of nitrogens with one attached hydrogen (secondary N) is 3. The van der Waals surface area contributed by atoms with E-state index < -0.39 is 117 Å². The van der Waals surface area contributed by atoms with E-state index in [0.29, 0.717) is 38.5 Å². The van der Waals surface area contributed by atoms with Gasteiger partial charge >= 0.3 is 12.3 Å². The maximum atomic E-state index is 17.9. The van der Waals surface area contributed by atoms with E-state index in [9.17, 15) is 40.8 Å². The summed E-state index contributed by atoms with van der Waals surface area (Å²) in [6, 6.07) is 1.19. The molecule has 1 aromatic carbocycles. The fraction of sp³-hybridized carbons (Fsp3) is 0.651. The van der Waals surface area contributed by atoms with Gasteiger partial charge in [-0.25, -0.2) is 22.6 Å². The van der Waals surface area contributed by atoms with Gasteiger partial charge in [0.1, 0.15) is 40.2 Å². The first-order chi connectivity index (χ1) is 29.0. The lowest BCUT2D eigenvalue weighted by Crippen LogP contribution is -2.58. The zero-order valence-electron chi connectivity index (χ0n) is 36.0. The van der Waals surface area contributed by atoms with Crippen LogP contribution < -0.4 is 24.8 Å². The number of sulfonamides is 1. The van der Waals surface area contributed by atoms with Crippen molar-refractivity contribution in [1.82, 2.24) is 25.2 Å². The van der Waals surface area contributed by atoms with Crippen LogP contribution in [0.4, 0.5) is 22.4 Å². The number of aromatic nitrogens is 1. The van der Waals surface area contributed by atoms with Crippen LogP contribution in [0.2, 0.25) is 0 Å². The van der Waals surface area contributed by atoms with Gasteiger partial charge in [0, 0.05) is 29.7 Å². The molecule has 1 aromatic heterocycles. The fourth-order valence-corrected chi connectivity index (χ4v) is 10.1. The van der Waals surface area contributed by atoms with Crippen molar-refractivity contribution in [2.45, 2.75) is 152 Å². The number of ether oxygens (including phenoxy) is 3. The molecule has 3 N–H and O–H groups in total. The molecule has 14 nitrogen and oxygen atoms in total. The number of pyridine rings is 1. The number of amides is 4. The summed E-state index contributed by atoms with van der Waals surface area (Å²) in [5, 5.41) is 5.37. The summed E-state index contributed by atoms with van der Waals surface area (Å²) in [4.78, 5) is 61.7. The van der Waals surface area contributed by atoms with Crippen molar-refractivity contribution in [3.05, 3.63) is 41.6 Å². The van der Waals surface area contributed by atoms with E-state index in [2.05, 4.69) is 20.3 Å². The molecule has 19 heteroatoms. The van der Waals surface area contributed by atoms with Gasteiger partial charge in [-0.15, -0.1) is 0 Å². The van der Waals surface area contributed by atoms with Crippen LogP contribution in [0.5, 0.6) is 11.5 Å². The Labute approximate surface area is 359 Å². The number of allylic oxidation sites excluding steroid dienone is 1. The Hall–Kier alpha value is -4.68. The number of carbonyl (C=O) groups excluding carboxylic acids is 4. The number of fused-ring (bicyclic) bond motifs is 5. The molecular formula is C43H57F4N5O9S. The van der Waals surface area contributed by atoms with Crippen LogP contribution in [0.3, 0.4) is 0 Å². The lowest BCUT2D eigenvalue weighted by atomic mass is 9.76. The highest BCUT2D eigenvalue weighted by Crippen LogP contribution is 2.57. The number of benzene rings is 1. The van der Waals surface area contributed by atoms with Gasteiger partial charge in [-0.1, -0.05) is 51.7 Å². The van der Waals surface area contributed by atoms with Crippen LogP contribution >= 0.6 is 0 Å². The largest absolute Gasteiger partial charge is 0.497 e. The van der Waals surface area contributed by atoms with Crippen molar-refractivity contribution in [3.63, 3.8) is 0 Å². The van der Waals surface area contributed by atoms with Crippen LogP contribution in [0.25, 0.3) is 10.9 Å². The standard InChI is InChI=1S/C43H57F4N5O9S/c1-7-9-15-20-62(57,58)51-37(55)42-22-26(42)16-13-11-10-12-14-17-30(49-38(56)61-39(3,4)5)36(54)52-25-40(23-31(52)35(53)50-42)24-41(44,8-2)32-28-21-27(59-6)18-19-29(28)48-34(33(32)60-40)43(45,46)47/h13,16,18-19,21,26,30-31H,7-12,14-15,17,20,22-25H2,1-6H3,(H,49,56)(H,50,53)(H,51,55)/b16-13-/t26-,30+,31+,40+,41?,42-/m1/s1. The van der Waals surface area contributed by atoms with Gasteiger partial charge in [-0.05, 0) is 77.5 Å². The topological polar surface area (TPSA) is 182 Å². The molecular weight excluding hydrogens is 839 g/mol. The Balaban J connectivity index is 1.45. The molecule has 6 rings (SSSR count). The number of carbonyl (C=O) groups is 4. The summed E-state index contributed by atoms with van der Waals surface area (Å²) in [7, 11) is -2.76. The molecule has 0 radical (unpaired) electrons. The molecule has 1 saturated carbocycles. The average Bonchev–Trinajstić information content (AvgIpc) is 3.76. The number of hydrogen-bond donors (Lipinski definition) is 3. The zero-order chi connectivity index (χ0) is 45.5. The number of alkyl halides is 4. The molecule has 1 unspecified atom stereocenters. The molecule has 0 bridgehead atoms. The van der Waals surface area contributed by atoms with E-state index in [0.717, 1.165) is 11.3 Å². The van der Waals surface area contributed by atoms with Gasteiger partial charge in [0.15, 0.2) is 11.4 Å². The van der Waals surface area contributed by atoms with Crippen molar-refractivity contribution in [1.29, 1.82) is 0 Å². The third kappa shape index (κ3) is 9.91. The van der Waals surface area contributed by atoms with Gasteiger partial charge in [0.2, 0.25) is 21.8 Å².